The summed E-state index contributed by atoms with van der Waals surface area (Å²) in [6, 6.07) is 0.815. The van der Waals surface area contributed by atoms with E-state index in [0.29, 0.717) is 0 Å². The topological polar surface area (TPSA) is 70.4 Å². The van der Waals surface area contributed by atoms with Crippen LogP contribution in [0.25, 0.3) is 0 Å². The lowest BCUT2D eigenvalue weighted by Gasteiger charge is -2.15. The number of methoxy groups -OCH3 is 1. The Labute approximate surface area is 75.9 Å². The van der Waals surface area contributed by atoms with Gasteiger partial charge in [0.2, 0.25) is 0 Å². The molecule has 0 spiro atoms. The smallest absolute Gasteiger partial charge is 0.410 e. The van der Waals surface area contributed by atoms with Gasteiger partial charge in [-0.1, -0.05) is 6.92 Å². The number of hydrogen-bond acceptors (Lipinski definition) is 4. The molecule has 0 saturated carbocycles. The molecule has 0 aliphatic carbocycles. The third-order valence-electron chi connectivity index (χ3n) is 2.07. The zero-order chi connectivity index (χ0) is 10.0. The Morgan fingerprint density at radius 2 is 2.38 bits per heavy atom. The Hall–Kier alpha value is -1.57. The van der Waals surface area contributed by atoms with E-state index in [2.05, 4.69) is 4.74 Å². The molecule has 2 atom stereocenters. The van der Waals surface area contributed by atoms with Crippen LogP contribution >= 0.6 is 0 Å². The van der Waals surface area contributed by atoms with Gasteiger partial charge in [-0.05, 0) is 0 Å². The first-order valence-corrected chi connectivity index (χ1v) is 3.89. The van der Waals surface area contributed by atoms with E-state index in [9.17, 15) is 9.59 Å². The van der Waals surface area contributed by atoms with Crippen LogP contribution in [0.5, 0.6) is 0 Å². The van der Waals surface area contributed by atoms with Crippen molar-refractivity contribution < 1.29 is 14.3 Å². The minimum Gasteiger partial charge on any atom is -0.453 e. The highest BCUT2D eigenvalue weighted by molar-refractivity contribution is 5.94. The van der Waals surface area contributed by atoms with Crippen molar-refractivity contribution >= 4 is 11.9 Å². The van der Waals surface area contributed by atoms with Crippen molar-refractivity contribution in [1.82, 2.24) is 4.90 Å². The summed E-state index contributed by atoms with van der Waals surface area (Å²) in [7, 11) is 1.23. The summed E-state index contributed by atoms with van der Waals surface area (Å²) in [5.74, 6) is -0.489. The van der Waals surface area contributed by atoms with E-state index in [1.54, 1.807) is 13.0 Å². The van der Waals surface area contributed by atoms with Crippen molar-refractivity contribution in [2.45, 2.75) is 13.0 Å². The van der Waals surface area contributed by atoms with Gasteiger partial charge in [-0.15, -0.1) is 0 Å². The van der Waals surface area contributed by atoms with Crippen molar-refractivity contribution in [2.75, 3.05) is 13.7 Å². The maximum atomic E-state index is 11.3. The molecular weight excluding hydrogens is 172 g/mol. The van der Waals surface area contributed by atoms with Gasteiger partial charge in [0, 0.05) is 12.5 Å². The zero-order valence-electron chi connectivity index (χ0n) is 7.48. The Kier molecular flexibility index (Phi) is 2.52. The van der Waals surface area contributed by atoms with E-state index >= 15 is 0 Å². The highest BCUT2D eigenvalue weighted by atomic mass is 16.5. The number of likely N-dealkylation sites (tertiary alicyclic amines) is 1. The molecule has 70 valence electrons. The van der Waals surface area contributed by atoms with Crippen LogP contribution < -0.4 is 0 Å². The van der Waals surface area contributed by atoms with Gasteiger partial charge in [0.1, 0.15) is 0 Å². The molecule has 1 heterocycles. The third kappa shape index (κ3) is 1.47. The molecule has 0 aromatic rings. The molecule has 13 heavy (non-hydrogen) atoms. The average Bonchev–Trinajstić information content (AvgIpc) is 2.42. The summed E-state index contributed by atoms with van der Waals surface area (Å²) in [5.41, 5.74) is 0. The predicted molar refractivity (Wildman–Crippen MR) is 42.7 cm³/mol. The summed E-state index contributed by atoms with van der Waals surface area (Å²) >= 11 is 0. The molecule has 1 amide bonds. The fourth-order valence-electron chi connectivity index (χ4n) is 1.34. The molecule has 1 aliphatic rings. The van der Waals surface area contributed by atoms with E-state index < -0.39 is 12.1 Å². The van der Waals surface area contributed by atoms with Gasteiger partial charge in [-0.3, -0.25) is 9.69 Å². The van der Waals surface area contributed by atoms with Crippen LogP contribution in [0.15, 0.2) is 0 Å². The molecule has 2 unspecified atom stereocenters. The molecule has 5 heteroatoms. The van der Waals surface area contributed by atoms with Crippen LogP contribution in [0, 0.1) is 17.2 Å². The number of nitrogens with zero attached hydrogens (tertiary/aromatic N) is 2. The van der Waals surface area contributed by atoms with Crippen LogP contribution in [0.3, 0.4) is 0 Å². The van der Waals surface area contributed by atoms with Crippen LogP contribution in [0.2, 0.25) is 0 Å². The maximum absolute atomic E-state index is 11.3. The van der Waals surface area contributed by atoms with Gasteiger partial charge in [0.05, 0.1) is 13.2 Å². The van der Waals surface area contributed by atoms with Gasteiger partial charge >= 0.3 is 6.09 Å². The molecule has 0 bridgehead atoms. The average molecular weight is 182 g/mol. The van der Waals surface area contributed by atoms with Gasteiger partial charge in [0.15, 0.2) is 11.8 Å². The number of ketones is 1. The SMILES string of the molecule is COC(=O)N1CC(C)C(=O)C1C#N. The second-order valence-corrected chi connectivity index (χ2v) is 2.96. The summed E-state index contributed by atoms with van der Waals surface area (Å²) < 4.78 is 4.45. The number of rotatable bonds is 0. The number of hydrogen-bond donors (Lipinski definition) is 0. The Morgan fingerprint density at radius 3 is 2.85 bits per heavy atom. The largest absolute Gasteiger partial charge is 0.453 e. The van der Waals surface area contributed by atoms with Crippen molar-refractivity contribution in [3.05, 3.63) is 0 Å². The van der Waals surface area contributed by atoms with Crippen molar-refractivity contribution in [2.24, 2.45) is 5.92 Å². The normalized spacial score (nSPS) is 27.2. The molecular formula is C8H10N2O3. The minimum absolute atomic E-state index is 0.215. The Bertz CT molecular complexity index is 282. The zero-order valence-corrected chi connectivity index (χ0v) is 7.48. The molecule has 1 rings (SSSR count). The molecule has 5 nitrogen and oxygen atoms in total. The quantitative estimate of drug-likeness (QED) is 0.535. The maximum Gasteiger partial charge on any atom is 0.410 e. The lowest BCUT2D eigenvalue weighted by molar-refractivity contribution is -0.120. The minimum atomic E-state index is -0.970. The van der Waals surface area contributed by atoms with Crippen LogP contribution in [-0.2, 0) is 9.53 Å². The number of carbonyl (C=O) groups excluding carboxylic acids is 2. The summed E-state index contributed by atoms with van der Waals surface area (Å²) in [4.78, 5) is 23.5. The highest BCUT2D eigenvalue weighted by Crippen LogP contribution is 2.19. The summed E-state index contributed by atoms with van der Waals surface area (Å²) in [5, 5.41) is 8.65. The monoisotopic (exact) mass is 182 g/mol. The highest BCUT2D eigenvalue weighted by Gasteiger charge is 2.41. The molecule has 0 radical (unpaired) electrons. The lowest BCUT2D eigenvalue weighted by Crippen LogP contribution is -2.36. The van der Waals surface area contributed by atoms with Crippen LogP contribution in [0.4, 0.5) is 4.79 Å². The first-order chi connectivity index (χ1) is 6.11. The third-order valence-corrected chi connectivity index (χ3v) is 2.07. The van der Waals surface area contributed by atoms with Crippen molar-refractivity contribution in [1.29, 1.82) is 5.26 Å². The second kappa shape index (κ2) is 3.44. The molecule has 1 aliphatic heterocycles. The molecule has 0 aromatic carbocycles. The number of ether oxygens (including phenoxy) is 1. The van der Waals surface area contributed by atoms with Gasteiger partial charge in [-0.2, -0.15) is 5.26 Å². The van der Waals surface area contributed by atoms with E-state index in [-0.39, 0.29) is 18.2 Å². The summed E-state index contributed by atoms with van der Waals surface area (Å²) in [6.45, 7) is 1.96. The van der Waals surface area contributed by atoms with E-state index in [1.807, 2.05) is 0 Å². The number of amides is 1. The van der Waals surface area contributed by atoms with Crippen molar-refractivity contribution in [3.8, 4) is 6.07 Å². The fourth-order valence-corrected chi connectivity index (χ4v) is 1.34. The van der Waals surface area contributed by atoms with E-state index in [4.69, 9.17) is 5.26 Å². The van der Waals surface area contributed by atoms with Crippen LogP contribution in [0.1, 0.15) is 6.92 Å². The fraction of sp³-hybridized carbons (Fsp3) is 0.625. The Morgan fingerprint density at radius 1 is 1.77 bits per heavy atom. The predicted octanol–water partition coefficient (Wildman–Crippen LogP) is 0.166. The molecule has 0 aromatic heterocycles. The summed E-state index contributed by atoms with van der Waals surface area (Å²) in [6.07, 6.45) is -0.621. The first-order valence-electron chi connectivity index (χ1n) is 3.89. The molecule has 0 N–H and O–H groups in total. The van der Waals surface area contributed by atoms with Crippen LogP contribution in [-0.4, -0.2) is 36.5 Å². The molecule has 1 fully saturated rings. The lowest BCUT2D eigenvalue weighted by atomic mass is 10.1. The number of carbonyl (C=O) groups is 2. The van der Waals surface area contributed by atoms with Gasteiger partial charge in [0.25, 0.3) is 0 Å². The first kappa shape index (κ1) is 9.52. The van der Waals surface area contributed by atoms with Crippen molar-refractivity contribution in [3.63, 3.8) is 0 Å². The Balaban J connectivity index is 2.84. The van der Waals surface area contributed by atoms with Gasteiger partial charge in [-0.25, -0.2) is 4.79 Å². The van der Waals surface area contributed by atoms with Gasteiger partial charge < -0.3 is 4.74 Å². The van der Waals surface area contributed by atoms with E-state index in [0.717, 1.165) is 4.90 Å². The standard InChI is InChI=1S/C8H10N2O3/c1-5-4-10(8(12)13-2)6(3-9)7(5)11/h5-6H,4H2,1-2H3. The number of nitriles is 1. The van der Waals surface area contributed by atoms with E-state index in [1.165, 1.54) is 7.11 Å². The second-order valence-electron chi connectivity index (χ2n) is 2.96. The number of Topliss-reactive ketones (excluding diaryl/α,β-unsaturated/α-hetero) is 1. The molecule has 1 saturated heterocycles.